The summed E-state index contributed by atoms with van der Waals surface area (Å²) < 4.78 is 6.25. The highest BCUT2D eigenvalue weighted by Crippen LogP contribution is 2.58. The fraction of sp³-hybridized carbons (Fsp3) is 0.120. The van der Waals surface area contributed by atoms with E-state index in [2.05, 4.69) is 74.5 Å². The first-order valence-electron chi connectivity index (χ1n) is 9.22. The van der Waals surface area contributed by atoms with Crippen LogP contribution in [-0.2, 0) is 5.41 Å². The molecule has 2 aliphatic carbocycles. The van der Waals surface area contributed by atoms with Gasteiger partial charge in [0.15, 0.2) is 0 Å². The van der Waals surface area contributed by atoms with Gasteiger partial charge in [-0.2, -0.15) is 0 Å². The number of hydrogen-bond acceptors (Lipinski definition) is 1. The summed E-state index contributed by atoms with van der Waals surface area (Å²) in [6.45, 7) is 4.71. The standard InChI is InChI=1S/C25H16O/c1-25(2)16-7-3-5-14-15-6-4-8-18-22(15)24-19(26-18)12-10-13-9-11-17(25)23(20(13)24)21(14)16/h3-12H,1-2H3. The molecule has 0 fully saturated rings. The molecule has 0 atom stereocenters. The Hall–Kier alpha value is -3.06. The van der Waals surface area contributed by atoms with E-state index >= 15 is 0 Å². The third-order valence-corrected chi connectivity index (χ3v) is 6.60. The Morgan fingerprint density at radius 2 is 1.35 bits per heavy atom. The van der Waals surface area contributed by atoms with Crippen molar-refractivity contribution in [2.45, 2.75) is 19.3 Å². The zero-order valence-electron chi connectivity index (χ0n) is 14.7. The van der Waals surface area contributed by atoms with E-state index in [-0.39, 0.29) is 5.41 Å². The molecular weight excluding hydrogens is 316 g/mol. The van der Waals surface area contributed by atoms with E-state index in [1.807, 2.05) is 0 Å². The number of rotatable bonds is 0. The van der Waals surface area contributed by atoms with E-state index in [0.29, 0.717) is 0 Å². The predicted molar refractivity (Wildman–Crippen MR) is 108 cm³/mol. The van der Waals surface area contributed by atoms with Gasteiger partial charge in [0.05, 0.1) is 0 Å². The molecule has 0 radical (unpaired) electrons. The van der Waals surface area contributed by atoms with Crippen LogP contribution in [0.5, 0.6) is 0 Å². The van der Waals surface area contributed by atoms with Crippen LogP contribution in [0.3, 0.4) is 0 Å². The van der Waals surface area contributed by atoms with Gasteiger partial charge in [-0.05, 0) is 50.9 Å². The van der Waals surface area contributed by atoms with Gasteiger partial charge in [0.1, 0.15) is 11.2 Å². The summed E-state index contributed by atoms with van der Waals surface area (Å²) in [5.74, 6) is 0. The normalized spacial score (nSPS) is 15.6. The SMILES string of the molecule is CC1(C)c2cccc3c2-c2c1ccc1ccc4oc5cccc-3c5c4c21. The molecule has 0 unspecified atom stereocenters. The van der Waals surface area contributed by atoms with E-state index < -0.39 is 0 Å². The molecule has 7 rings (SSSR count). The summed E-state index contributed by atoms with van der Waals surface area (Å²) in [6.07, 6.45) is 0. The van der Waals surface area contributed by atoms with E-state index in [4.69, 9.17) is 4.42 Å². The molecule has 5 aromatic rings. The van der Waals surface area contributed by atoms with Crippen LogP contribution in [0.4, 0.5) is 0 Å². The lowest BCUT2D eigenvalue weighted by atomic mass is 9.81. The highest BCUT2D eigenvalue weighted by atomic mass is 16.3. The molecule has 1 nitrogen and oxygen atoms in total. The largest absolute Gasteiger partial charge is 0.456 e. The third-order valence-electron chi connectivity index (χ3n) is 6.60. The minimum Gasteiger partial charge on any atom is -0.456 e. The molecule has 0 amide bonds. The molecule has 2 aliphatic rings. The van der Waals surface area contributed by atoms with Crippen LogP contribution in [0.15, 0.2) is 65.1 Å². The van der Waals surface area contributed by atoms with Crippen molar-refractivity contribution < 1.29 is 4.42 Å². The highest BCUT2D eigenvalue weighted by molar-refractivity contribution is 6.30. The van der Waals surface area contributed by atoms with Crippen molar-refractivity contribution in [1.29, 1.82) is 0 Å². The summed E-state index contributed by atoms with van der Waals surface area (Å²) in [4.78, 5) is 0. The van der Waals surface area contributed by atoms with Gasteiger partial charge in [0.2, 0.25) is 0 Å². The smallest absolute Gasteiger partial charge is 0.136 e. The van der Waals surface area contributed by atoms with Gasteiger partial charge < -0.3 is 4.42 Å². The molecule has 0 aliphatic heterocycles. The zero-order chi connectivity index (χ0) is 17.2. The fourth-order valence-electron chi connectivity index (χ4n) is 5.44. The average molecular weight is 332 g/mol. The van der Waals surface area contributed by atoms with Crippen LogP contribution < -0.4 is 0 Å². The molecule has 122 valence electrons. The Bertz CT molecular complexity index is 1450. The molecule has 4 aromatic carbocycles. The monoisotopic (exact) mass is 332 g/mol. The number of furan rings is 1. The summed E-state index contributed by atoms with van der Waals surface area (Å²) >= 11 is 0. The minimum absolute atomic E-state index is 0.0200. The molecule has 1 heteroatoms. The Kier molecular flexibility index (Phi) is 1.96. The average Bonchev–Trinajstić information content (AvgIpc) is 3.10. The van der Waals surface area contributed by atoms with E-state index in [1.165, 1.54) is 54.9 Å². The highest BCUT2D eigenvalue weighted by Gasteiger charge is 2.39. The Balaban J connectivity index is 1.96. The number of hydrogen-bond donors (Lipinski definition) is 0. The first-order chi connectivity index (χ1) is 12.7. The Labute approximate surface area is 150 Å². The summed E-state index contributed by atoms with van der Waals surface area (Å²) in [5, 5.41) is 5.21. The van der Waals surface area contributed by atoms with E-state index in [0.717, 1.165) is 11.2 Å². The molecule has 1 aromatic heterocycles. The van der Waals surface area contributed by atoms with Crippen molar-refractivity contribution in [3.05, 3.63) is 71.8 Å². The summed E-state index contributed by atoms with van der Waals surface area (Å²) in [6, 6.07) is 22.2. The van der Waals surface area contributed by atoms with Gasteiger partial charge in [-0.15, -0.1) is 0 Å². The summed E-state index contributed by atoms with van der Waals surface area (Å²) in [5.41, 5.74) is 10.3. The Morgan fingerprint density at radius 1 is 0.615 bits per heavy atom. The van der Waals surface area contributed by atoms with E-state index in [9.17, 15) is 0 Å². The number of fused-ring (bicyclic) bond motifs is 1. The second-order valence-corrected chi connectivity index (χ2v) is 8.16. The van der Waals surface area contributed by atoms with Crippen molar-refractivity contribution in [3.63, 3.8) is 0 Å². The molecule has 26 heavy (non-hydrogen) atoms. The van der Waals surface area contributed by atoms with Crippen molar-refractivity contribution in [2.24, 2.45) is 0 Å². The van der Waals surface area contributed by atoms with Crippen molar-refractivity contribution in [3.8, 4) is 22.3 Å². The minimum atomic E-state index is 0.0200. The van der Waals surface area contributed by atoms with Crippen molar-refractivity contribution in [2.75, 3.05) is 0 Å². The molecule has 0 saturated carbocycles. The topological polar surface area (TPSA) is 13.1 Å². The maximum atomic E-state index is 6.25. The van der Waals surface area contributed by atoms with Crippen LogP contribution in [-0.4, -0.2) is 0 Å². The van der Waals surface area contributed by atoms with Crippen LogP contribution in [0.25, 0.3) is 55.0 Å². The fourth-order valence-corrected chi connectivity index (χ4v) is 5.44. The van der Waals surface area contributed by atoms with Crippen LogP contribution in [0.2, 0.25) is 0 Å². The molecule has 0 bridgehead atoms. The first-order valence-corrected chi connectivity index (χ1v) is 9.22. The van der Waals surface area contributed by atoms with Crippen molar-refractivity contribution in [1.82, 2.24) is 0 Å². The van der Waals surface area contributed by atoms with Crippen LogP contribution in [0, 0.1) is 0 Å². The van der Waals surface area contributed by atoms with E-state index in [1.54, 1.807) is 0 Å². The molecule has 1 heterocycles. The predicted octanol–water partition coefficient (Wildman–Crippen LogP) is 7.03. The van der Waals surface area contributed by atoms with Crippen molar-refractivity contribution >= 4 is 32.7 Å². The lowest BCUT2D eigenvalue weighted by molar-refractivity contribution is 0.661. The molecule has 0 saturated heterocycles. The summed E-state index contributed by atoms with van der Waals surface area (Å²) in [7, 11) is 0. The van der Waals surface area contributed by atoms with Gasteiger partial charge in [0.25, 0.3) is 0 Å². The first kappa shape index (κ1) is 13.2. The van der Waals surface area contributed by atoms with Crippen LogP contribution >= 0.6 is 0 Å². The molecule has 0 spiro atoms. The maximum absolute atomic E-state index is 6.25. The lowest BCUT2D eigenvalue weighted by Gasteiger charge is -2.22. The second kappa shape index (κ2) is 3.86. The third kappa shape index (κ3) is 1.21. The van der Waals surface area contributed by atoms with Gasteiger partial charge in [-0.3, -0.25) is 0 Å². The van der Waals surface area contributed by atoms with Gasteiger partial charge in [0, 0.05) is 21.6 Å². The van der Waals surface area contributed by atoms with Crippen LogP contribution in [0.1, 0.15) is 25.0 Å². The quantitative estimate of drug-likeness (QED) is 0.291. The van der Waals surface area contributed by atoms with Gasteiger partial charge in [-0.25, -0.2) is 0 Å². The van der Waals surface area contributed by atoms with Gasteiger partial charge in [-0.1, -0.05) is 62.4 Å². The van der Waals surface area contributed by atoms with Gasteiger partial charge >= 0.3 is 0 Å². The second-order valence-electron chi connectivity index (χ2n) is 8.16. The molecular formula is C25H16O. The zero-order valence-corrected chi connectivity index (χ0v) is 14.7. The molecule has 0 N–H and O–H groups in total. The Morgan fingerprint density at radius 3 is 2.27 bits per heavy atom. The maximum Gasteiger partial charge on any atom is 0.136 e. The number of benzene rings is 4. The lowest BCUT2D eigenvalue weighted by Crippen LogP contribution is -2.14.